The van der Waals surface area contributed by atoms with Gasteiger partial charge in [0.15, 0.2) is 0 Å². The molecule has 0 saturated heterocycles. The molecule has 0 aliphatic carbocycles. The van der Waals surface area contributed by atoms with Crippen LogP contribution in [-0.4, -0.2) is 0 Å². The highest BCUT2D eigenvalue weighted by molar-refractivity contribution is 7.56. The van der Waals surface area contributed by atoms with Gasteiger partial charge in [-0.2, -0.15) is 0 Å². The summed E-state index contributed by atoms with van der Waals surface area (Å²) in [5.41, 5.74) is 2.21. The van der Waals surface area contributed by atoms with E-state index in [0.717, 1.165) is 11.1 Å². The summed E-state index contributed by atoms with van der Waals surface area (Å²) in [5.74, 6) is 0.336. The summed E-state index contributed by atoms with van der Waals surface area (Å²) in [6, 6.07) is 19.9. The lowest BCUT2D eigenvalue weighted by Crippen LogP contribution is -2.10. The second-order valence-electron chi connectivity index (χ2n) is 5.94. The smallest absolute Gasteiger partial charge is 0.400 e. The fourth-order valence-corrected chi connectivity index (χ4v) is 3.77. The van der Waals surface area contributed by atoms with Gasteiger partial charge in [-0.25, -0.2) is 8.96 Å². The first-order valence-electron chi connectivity index (χ1n) is 8.08. The molecule has 4 nitrogen and oxygen atoms in total. The molecule has 6 heteroatoms. The second-order valence-corrected chi connectivity index (χ2v) is 7.52. The molecule has 0 bridgehead atoms. The Labute approximate surface area is 152 Å². The topological polar surface area (TPSA) is 47.6 Å². The van der Waals surface area contributed by atoms with Crippen molar-refractivity contribution in [1.29, 1.82) is 0 Å². The molecule has 0 aromatic heterocycles. The molecule has 0 heterocycles. The van der Waals surface area contributed by atoms with E-state index in [1.807, 2.05) is 26.0 Å². The van der Waals surface area contributed by atoms with E-state index in [1.54, 1.807) is 42.5 Å². The van der Waals surface area contributed by atoms with Crippen LogP contribution in [0.2, 0.25) is 0 Å². The summed E-state index contributed by atoms with van der Waals surface area (Å²) >= 11 is 0. The number of rotatable bonds is 6. The van der Waals surface area contributed by atoms with Gasteiger partial charge in [0, 0.05) is 5.69 Å². The van der Waals surface area contributed by atoms with Crippen LogP contribution in [0.25, 0.3) is 0 Å². The van der Waals surface area contributed by atoms with Crippen molar-refractivity contribution in [2.45, 2.75) is 13.8 Å². The first-order chi connectivity index (χ1) is 12.4. The van der Waals surface area contributed by atoms with Crippen molar-refractivity contribution in [3.05, 3.63) is 89.7 Å². The van der Waals surface area contributed by atoms with E-state index in [4.69, 9.17) is 9.05 Å². The summed E-state index contributed by atoms with van der Waals surface area (Å²) in [4.78, 5) is 0. The van der Waals surface area contributed by atoms with E-state index in [2.05, 4.69) is 5.09 Å². The minimum Gasteiger partial charge on any atom is -0.400 e. The Morgan fingerprint density at radius 3 is 1.85 bits per heavy atom. The molecule has 0 aliphatic rings. The predicted octanol–water partition coefficient (Wildman–Crippen LogP) is 6.12. The quantitative estimate of drug-likeness (QED) is 0.530. The Bertz CT molecular complexity index is 839. The maximum absolute atomic E-state index is 13.5. The number of anilines is 1. The molecule has 3 aromatic carbocycles. The van der Waals surface area contributed by atoms with Gasteiger partial charge in [-0.15, -0.1) is 0 Å². The average molecular weight is 371 g/mol. The number of hydrogen-bond donors (Lipinski definition) is 1. The molecule has 134 valence electrons. The highest BCUT2D eigenvalue weighted by Gasteiger charge is 2.29. The fraction of sp³-hybridized carbons (Fsp3) is 0.100. The Hall–Kier alpha value is -2.78. The SMILES string of the molecule is Cc1cccc(OP(=O)(Nc2cccc(F)c2)Oc2cccc(C)c2)c1. The largest absolute Gasteiger partial charge is 0.541 e. The first kappa shape index (κ1) is 18.0. The molecule has 1 N–H and O–H groups in total. The summed E-state index contributed by atoms with van der Waals surface area (Å²) in [6.45, 7) is 3.80. The molecule has 26 heavy (non-hydrogen) atoms. The van der Waals surface area contributed by atoms with Gasteiger partial charge < -0.3 is 9.05 Å². The third kappa shape index (κ3) is 4.87. The van der Waals surface area contributed by atoms with Crippen LogP contribution in [0.3, 0.4) is 0 Å². The third-order valence-electron chi connectivity index (χ3n) is 3.52. The van der Waals surface area contributed by atoms with Gasteiger partial charge in [-0.05, 0) is 67.4 Å². The lowest BCUT2D eigenvalue weighted by molar-refractivity contribution is 0.392. The van der Waals surface area contributed by atoms with Crippen molar-refractivity contribution in [3.8, 4) is 11.5 Å². The number of benzene rings is 3. The van der Waals surface area contributed by atoms with E-state index < -0.39 is 13.6 Å². The number of nitrogens with one attached hydrogen (secondary N) is 1. The molecular weight excluding hydrogens is 352 g/mol. The Balaban J connectivity index is 1.92. The van der Waals surface area contributed by atoms with Crippen molar-refractivity contribution in [3.63, 3.8) is 0 Å². The van der Waals surface area contributed by atoms with Crippen LogP contribution >= 0.6 is 7.75 Å². The molecule has 0 atom stereocenters. The molecule has 0 spiro atoms. The van der Waals surface area contributed by atoms with Crippen LogP contribution in [0, 0.1) is 19.7 Å². The van der Waals surface area contributed by atoms with Crippen LogP contribution in [-0.2, 0) is 4.57 Å². The normalized spacial score (nSPS) is 11.0. The monoisotopic (exact) mass is 371 g/mol. The van der Waals surface area contributed by atoms with Crippen LogP contribution in [0.15, 0.2) is 72.8 Å². The molecule has 3 aromatic rings. The van der Waals surface area contributed by atoms with Crippen molar-refractivity contribution in [2.75, 3.05) is 5.09 Å². The molecule has 0 saturated carbocycles. The standard InChI is InChI=1S/C20H19FNO3P/c1-15-6-3-10-19(12-15)24-26(23,22-18-9-5-8-17(21)14-18)25-20-11-4-7-16(2)13-20/h3-14H,1-2H3,(H,22,23). The van der Waals surface area contributed by atoms with E-state index in [-0.39, 0.29) is 0 Å². The fourth-order valence-electron chi connectivity index (χ4n) is 2.40. The molecular formula is C20H19FNO3P. The molecule has 0 aliphatic heterocycles. The molecule has 0 unspecified atom stereocenters. The van der Waals surface area contributed by atoms with Crippen LogP contribution < -0.4 is 14.1 Å². The summed E-state index contributed by atoms with van der Waals surface area (Å²) in [6.07, 6.45) is 0. The average Bonchev–Trinajstić information content (AvgIpc) is 2.54. The number of halogens is 1. The van der Waals surface area contributed by atoms with Crippen molar-refractivity contribution >= 4 is 13.4 Å². The Morgan fingerprint density at radius 2 is 1.35 bits per heavy atom. The summed E-state index contributed by atoms with van der Waals surface area (Å²) < 4.78 is 38.2. The van der Waals surface area contributed by atoms with Gasteiger partial charge in [0.25, 0.3) is 0 Å². The van der Waals surface area contributed by atoms with E-state index in [1.165, 1.54) is 18.2 Å². The Morgan fingerprint density at radius 1 is 0.808 bits per heavy atom. The molecule has 3 rings (SSSR count). The lowest BCUT2D eigenvalue weighted by Gasteiger charge is -2.21. The number of hydrogen-bond acceptors (Lipinski definition) is 3. The summed E-state index contributed by atoms with van der Waals surface area (Å²) in [5, 5.41) is 2.70. The predicted molar refractivity (Wildman–Crippen MR) is 101 cm³/mol. The van der Waals surface area contributed by atoms with Crippen molar-refractivity contribution in [2.24, 2.45) is 0 Å². The summed E-state index contributed by atoms with van der Waals surface area (Å²) in [7, 11) is -3.86. The van der Waals surface area contributed by atoms with Gasteiger partial charge in [-0.3, -0.25) is 5.09 Å². The highest BCUT2D eigenvalue weighted by Crippen LogP contribution is 2.48. The maximum atomic E-state index is 13.5. The maximum Gasteiger partial charge on any atom is 0.541 e. The van der Waals surface area contributed by atoms with Crippen molar-refractivity contribution < 1.29 is 18.0 Å². The van der Waals surface area contributed by atoms with Crippen LogP contribution in [0.5, 0.6) is 11.5 Å². The zero-order valence-electron chi connectivity index (χ0n) is 14.5. The van der Waals surface area contributed by atoms with E-state index >= 15 is 0 Å². The second kappa shape index (κ2) is 7.63. The Kier molecular flexibility index (Phi) is 5.29. The van der Waals surface area contributed by atoms with E-state index in [0.29, 0.717) is 17.2 Å². The molecule has 0 radical (unpaired) electrons. The van der Waals surface area contributed by atoms with Gasteiger partial charge in [0.2, 0.25) is 0 Å². The minimum atomic E-state index is -3.86. The zero-order valence-corrected chi connectivity index (χ0v) is 15.4. The van der Waals surface area contributed by atoms with Gasteiger partial charge in [-0.1, -0.05) is 30.3 Å². The van der Waals surface area contributed by atoms with Gasteiger partial charge >= 0.3 is 7.75 Å². The van der Waals surface area contributed by atoms with Gasteiger partial charge in [0.1, 0.15) is 17.3 Å². The molecule has 0 amide bonds. The number of aryl methyl sites for hydroxylation is 2. The third-order valence-corrected chi connectivity index (χ3v) is 4.96. The van der Waals surface area contributed by atoms with E-state index in [9.17, 15) is 8.96 Å². The van der Waals surface area contributed by atoms with Crippen molar-refractivity contribution in [1.82, 2.24) is 0 Å². The van der Waals surface area contributed by atoms with Gasteiger partial charge in [0.05, 0.1) is 0 Å². The first-order valence-corrected chi connectivity index (χ1v) is 9.63. The lowest BCUT2D eigenvalue weighted by atomic mass is 10.2. The molecule has 0 fully saturated rings. The van der Waals surface area contributed by atoms with Crippen LogP contribution in [0.1, 0.15) is 11.1 Å². The zero-order chi connectivity index (χ0) is 18.6. The highest BCUT2D eigenvalue weighted by atomic mass is 31.2. The minimum absolute atomic E-state index is 0.300. The van der Waals surface area contributed by atoms with Crippen LogP contribution in [0.4, 0.5) is 10.1 Å².